The fourth-order valence-corrected chi connectivity index (χ4v) is 2.98. The van der Waals surface area contributed by atoms with E-state index in [0.29, 0.717) is 0 Å². The molecule has 0 atom stereocenters. The Morgan fingerprint density at radius 1 is 1.13 bits per heavy atom. The van der Waals surface area contributed by atoms with Gasteiger partial charge in [0.15, 0.2) is 5.65 Å². The number of imidazole rings is 1. The number of hydrogen-bond acceptors (Lipinski definition) is 3. The molecule has 0 radical (unpaired) electrons. The molecule has 5 heteroatoms. The summed E-state index contributed by atoms with van der Waals surface area (Å²) >= 11 is 0. The molecule has 1 aromatic carbocycles. The molecular weight excluding hydrogens is 288 g/mol. The number of methoxy groups -OCH3 is 1. The van der Waals surface area contributed by atoms with Gasteiger partial charge in [0, 0.05) is 18.2 Å². The SMILES string of the molecule is CCCc1nc(-c2ccc(OC)cc2)c2cnc3[nH]ccc3n12. The summed E-state index contributed by atoms with van der Waals surface area (Å²) in [5.41, 5.74) is 5.02. The number of benzene rings is 1. The first kappa shape index (κ1) is 13.8. The average Bonchev–Trinajstić information content (AvgIpc) is 3.19. The smallest absolute Gasteiger partial charge is 0.154 e. The molecule has 0 aliphatic carbocycles. The van der Waals surface area contributed by atoms with Crippen molar-refractivity contribution in [2.45, 2.75) is 19.8 Å². The first-order valence-electron chi connectivity index (χ1n) is 7.79. The van der Waals surface area contributed by atoms with E-state index in [4.69, 9.17) is 9.72 Å². The largest absolute Gasteiger partial charge is 0.497 e. The van der Waals surface area contributed by atoms with E-state index in [1.54, 1.807) is 7.11 Å². The lowest BCUT2D eigenvalue weighted by Crippen LogP contribution is -1.95. The molecule has 5 nitrogen and oxygen atoms in total. The van der Waals surface area contributed by atoms with Crippen molar-refractivity contribution in [1.29, 1.82) is 0 Å². The van der Waals surface area contributed by atoms with Crippen molar-refractivity contribution >= 4 is 16.7 Å². The summed E-state index contributed by atoms with van der Waals surface area (Å²) in [7, 11) is 1.67. The van der Waals surface area contributed by atoms with Gasteiger partial charge in [-0.25, -0.2) is 9.97 Å². The minimum atomic E-state index is 0.845. The summed E-state index contributed by atoms with van der Waals surface area (Å²) in [5, 5.41) is 0. The Kier molecular flexibility index (Phi) is 3.26. The zero-order valence-corrected chi connectivity index (χ0v) is 13.2. The molecule has 0 aliphatic heterocycles. The van der Waals surface area contributed by atoms with E-state index >= 15 is 0 Å². The van der Waals surface area contributed by atoms with Crippen LogP contribution < -0.4 is 4.74 Å². The van der Waals surface area contributed by atoms with E-state index in [0.717, 1.165) is 52.4 Å². The molecule has 0 saturated carbocycles. The third kappa shape index (κ3) is 2.16. The molecule has 0 fully saturated rings. The summed E-state index contributed by atoms with van der Waals surface area (Å²) in [4.78, 5) is 12.6. The van der Waals surface area contributed by atoms with Gasteiger partial charge in [0.05, 0.1) is 30.0 Å². The van der Waals surface area contributed by atoms with Gasteiger partial charge in [0.2, 0.25) is 0 Å². The molecule has 0 unspecified atom stereocenters. The van der Waals surface area contributed by atoms with Crippen molar-refractivity contribution in [3.8, 4) is 17.0 Å². The Morgan fingerprint density at radius 3 is 2.70 bits per heavy atom. The van der Waals surface area contributed by atoms with Crippen LogP contribution in [0.15, 0.2) is 42.7 Å². The van der Waals surface area contributed by atoms with Gasteiger partial charge in [-0.3, -0.25) is 4.40 Å². The minimum absolute atomic E-state index is 0.845. The predicted octanol–water partition coefficient (Wildman–Crippen LogP) is 3.84. The van der Waals surface area contributed by atoms with Gasteiger partial charge >= 0.3 is 0 Å². The van der Waals surface area contributed by atoms with Crippen molar-refractivity contribution in [3.05, 3.63) is 48.5 Å². The topological polar surface area (TPSA) is 55.2 Å². The maximum atomic E-state index is 5.24. The second kappa shape index (κ2) is 5.43. The summed E-state index contributed by atoms with van der Waals surface area (Å²) < 4.78 is 7.45. The normalized spacial score (nSPS) is 11.4. The summed E-state index contributed by atoms with van der Waals surface area (Å²) in [6.07, 6.45) is 5.79. The average molecular weight is 306 g/mol. The first-order chi connectivity index (χ1) is 11.3. The molecule has 0 amide bonds. The molecule has 0 saturated heterocycles. The quantitative estimate of drug-likeness (QED) is 0.623. The van der Waals surface area contributed by atoms with E-state index in [9.17, 15) is 0 Å². The van der Waals surface area contributed by atoms with Crippen LogP contribution in [-0.4, -0.2) is 26.5 Å². The number of ether oxygens (including phenoxy) is 1. The molecule has 116 valence electrons. The van der Waals surface area contributed by atoms with Gasteiger partial charge in [-0.1, -0.05) is 6.92 Å². The molecule has 0 bridgehead atoms. The number of nitrogens with one attached hydrogen (secondary N) is 1. The van der Waals surface area contributed by atoms with Gasteiger partial charge in [-0.05, 0) is 36.8 Å². The van der Waals surface area contributed by atoms with Gasteiger partial charge in [-0.15, -0.1) is 0 Å². The molecule has 0 aliphatic rings. The first-order valence-corrected chi connectivity index (χ1v) is 7.79. The van der Waals surface area contributed by atoms with E-state index in [1.165, 1.54) is 0 Å². The second-order valence-electron chi connectivity index (χ2n) is 5.55. The Morgan fingerprint density at radius 2 is 1.96 bits per heavy atom. The van der Waals surface area contributed by atoms with Gasteiger partial charge in [0.1, 0.15) is 11.6 Å². The van der Waals surface area contributed by atoms with Gasteiger partial charge in [0.25, 0.3) is 0 Å². The minimum Gasteiger partial charge on any atom is -0.497 e. The molecule has 4 rings (SSSR count). The second-order valence-corrected chi connectivity index (χ2v) is 5.55. The number of rotatable bonds is 4. The van der Waals surface area contributed by atoms with Gasteiger partial charge in [-0.2, -0.15) is 0 Å². The highest BCUT2D eigenvalue weighted by atomic mass is 16.5. The van der Waals surface area contributed by atoms with Crippen LogP contribution in [0, 0.1) is 0 Å². The van der Waals surface area contributed by atoms with Gasteiger partial charge < -0.3 is 9.72 Å². The van der Waals surface area contributed by atoms with E-state index < -0.39 is 0 Å². The van der Waals surface area contributed by atoms with Crippen LogP contribution >= 0.6 is 0 Å². The maximum Gasteiger partial charge on any atom is 0.154 e. The highest BCUT2D eigenvalue weighted by Crippen LogP contribution is 2.29. The fourth-order valence-electron chi connectivity index (χ4n) is 2.98. The van der Waals surface area contributed by atoms with Crippen LogP contribution in [0.4, 0.5) is 0 Å². The van der Waals surface area contributed by atoms with Crippen molar-refractivity contribution in [3.63, 3.8) is 0 Å². The molecule has 23 heavy (non-hydrogen) atoms. The lowest BCUT2D eigenvalue weighted by molar-refractivity contribution is 0.415. The van der Waals surface area contributed by atoms with Crippen molar-refractivity contribution < 1.29 is 4.74 Å². The number of aromatic amines is 1. The Labute approximate surface area is 134 Å². The van der Waals surface area contributed by atoms with Crippen LogP contribution in [-0.2, 0) is 6.42 Å². The maximum absolute atomic E-state index is 5.24. The zero-order valence-electron chi connectivity index (χ0n) is 13.2. The van der Waals surface area contributed by atoms with E-state index in [2.05, 4.69) is 21.3 Å². The summed E-state index contributed by atoms with van der Waals surface area (Å²) in [6.45, 7) is 2.17. The summed E-state index contributed by atoms with van der Waals surface area (Å²) in [6, 6.07) is 10.1. The third-order valence-electron chi connectivity index (χ3n) is 4.08. The number of H-pyrrole nitrogens is 1. The van der Waals surface area contributed by atoms with Crippen LogP contribution in [0.5, 0.6) is 5.75 Å². The Hall–Kier alpha value is -2.82. The van der Waals surface area contributed by atoms with Crippen molar-refractivity contribution in [2.75, 3.05) is 7.11 Å². The number of aromatic nitrogens is 4. The summed E-state index contributed by atoms with van der Waals surface area (Å²) in [5.74, 6) is 1.91. The molecular formula is C18H18N4O. The highest BCUT2D eigenvalue weighted by Gasteiger charge is 2.15. The van der Waals surface area contributed by atoms with Crippen LogP contribution in [0.1, 0.15) is 19.2 Å². The molecule has 3 aromatic heterocycles. The molecule has 0 spiro atoms. The van der Waals surface area contributed by atoms with Crippen molar-refractivity contribution in [2.24, 2.45) is 0 Å². The third-order valence-corrected chi connectivity index (χ3v) is 4.08. The number of aryl methyl sites for hydroxylation is 1. The van der Waals surface area contributed by atoms with Crippen LogP contribution in [0.25, 0.3) is 27.9 Å². The van der Waals surface area contributed by atoms with Crippen molar-refractivity contribution in [1.82, 2.24) is 19.4 Å². The monoisotopic (exact) mass is 306 g/mol. The zero-order chi connectivity index (χ0) is 15.8. The lowest BCUT2D eigenvalue weighted by atomic mass is 10.1. The number of fused-ring (bicyclic) bond motifs is 3. The standard InChI is InChI=1S/C18H18N4O/c1-3-4-16-21-17(12-5-7-13(23-2)8-6-12)15-11-20-18-14(22(15)16)9-10-19-18/h5-11,19H,3-4H2,1-2H3. The molecule has 3 heterocycles. The Balaban J connectivity index is 1.98. The lowest BCUT2D eigenvalue weighted by Gasteiger charge is -2.02. The fraction of sp³-hybridized carbons (Fsp3) is 0.222. The Bertz CT molecular complexity index is 966. The van der Waals surface area contributed by atoms with Crippen LogP contribution in [0.2, 0.25) is 0 Å². The number of nitrogens with zero attached hydrogens (tertiary/aromatic N) is 3. The highest BCUT2D eigenvalue weighted by molar-refractivity contribution is 5.84. The van der Waals surface area contributed by atoms with Crippen LogP contribution in [0.3, 0.4) is 0 Å². The van der Waals surface area contributed by atoms with E-state index in [1.807, 2.05) is 42.7 Å². The number of hydrogen-bond donors (Lipinski definition) is 1. The predicted molar refractivity (Wildman–Crippen MR) is 90.8 cm³/mol. The van der Waals surface area contributed by atoms with E-state index in [-0.39, 0.29) is 0 Å². The molecule has 4 aromatic rings. The molecule has 1 N–H and O–H groups in total.